The monoisotopic (exact) mass is 637 g/mol. The van der Waals surface area contributed by atoms with Crippen LogP contribution < -0.4 is 4.74 Å². The van der Waals surface area contributed by atoms with Gasteiger partial charge in [-0.2, -0.15) is 21.6 Å². The Morgan fingerprint density at radius 1 is 1.12 bits per heavy atom. The van der Waals surface area contributed by atoms with Crippen molar-refractivity contribution in [2.24, 2.45) is 12.0 Å². The number of allylic oxidation sites excluding steroid dienone is 1. The first kappa shape index (κ1) is 31.5. The van der Waals surface area contributed by atoms with Crippen molar-refractivity contribution in [1.82, 2.24) is 14.6 Å². The lowest BCUT2D eigenvalue weighted by Crippen LogP contribution is -2.46. The molecule has 1 aliphatic rings. The summed E-state index contributed by atoms with van der Waals surface area (Å²) in [5.74, 6) is -0.731. The van der Waals surface area contributed by atoms with Crippen LogP contribution in [0.4, 0.5) is 13.2 Å². The molecule has 0 aliphatic carbocycles. The van der Waals surface area contributed by atoms with Crippen LogP contribution in [0.5, 0.6) is 5.75 Å². The Morgan fingerprint density at radius 2 is 1.79 bits per heavy atom. The number of hydrazine groups is 1. The summed E-state index contributed by atoms with van der Waals surface area (Å²) in [5.41, 5.74) is -0.0138. The van der Waals surface area contributed by atoms with E-state index in [4.69, 9.17) is 16.3 Å². The van der Waals surface area contributed by atoms with Crippen molar-refractivity contribution in [1.29, 1.82) is 0 Å². The van der Waals surface area contributed by atoms with E-state index in [1.807, 2.05) is 18.2 Å². The lowest BCUT2D eigenvalue weighted by Gasteiger charge is -2.34. The van der Waals surface area contributed by atoms with Crippen molar-refractivity contribution in [2.75, 3.05) is 6.61 Å². The van der Waals surface area contributed by atoms with E-state index in [-0.39, 0.29) is 11.3 Å². The lowest BCUT2D eigenvalue weighted by atomic mass is 10.0. The predicted octanol–water partition coefficient (Wildman–Crippen LogP) is 5.72. The number of aliphatic imine (C=N–C) groups is 1. The fourth-order valence-corrected chi connectivity index (χ4v) is 5.63. The summed E-state index contributed by atoms with van der Waals surface area (Å²) in [4.78, 5) is 19.1. The minimum absolute atomic E-state index is 0.0357. The molecule has 1 N–H and O–H groups in total. The number of pyridine rings is 1. The zero-order valence-electron chi connectivity index (χ0n) is 22.4. The largest absolute Gasteiger partial charge is 0.483 e. The van der Waals surface area contributed by atoms with Gasteiger partial charge >= 0.3 is 6.18 Å². The van der Waals surface area contributed by atoms with E-state index in [2.05, 4.69) is 9.98 Å². The van der Waals surface area contributed by atoms with Gasteiger partial charge in [0.05, 0.1) is 5.56 Å². The van der Waals surface area contributed by atoms with Crippen LogP contribution in [0.1, 0.15) is 16.7 Å². The highest BCUT2D eigenvalue weighted by Gasteiger charge is 2.53. The second-order valence-electron chi connectivity index (χ2n) is 9.13. The molecule has 0 radical (unpaired) electrons. The van der Waals surface area contributed by atoms with E-state index in [9.17, 15) is 36.3 Å². The highest BCUT2D eigenvalue weighted by molar-refractivity contribution is 7.85. The molecule has 1 aliphatic heterocycles. The highest BCUT2D eigenvalue weighted by atomic mass is 35.5. The van der Waals surface area contributed by atoms with Gasteiger partial charge in [0, 0.05) is 48.3 Å². The molecular weight excluding hydrogens is 615 g/mol. The second kappa shape index (κ2) is 12.0. The number of hydrogen-bond donors (Lipinski definition) is 1. The molecule has 0 bridgehead atoms. The van der Waals surface area contributed by atoms with Gasteiger partial charge in [0.25, 0.3) is 15.2 Å². The predicted molar refractivity (Wildman–Crippen MR) is 153 cm³/mol. The summed E-state index contributed by atoms with van der Waals surface area (Å²) in [6, 6.07) is 14.6. The van der Waals surface area contributed by atoms with Crippen molar-refractivity contribution in [3.8, 4) is 5.75 Å². The summed E-state index contributed by atoms with van der Waals surface area (Å²) in [5, 5.41) is 9.58. The molecule has 0 amide bonds. The third-order valence-electron chi connectivity index (χ3n) is 6.18. The number of halogens is 4. The molecule has 0 fully saturated rings. The van der Waals surface area contributed by atoms with Crippen molar-refractivity contribution >= 4 is 44.5 Å². The number of para-hydroxylation sites is 1. The number of nitrogens with zero attached hydrogens (tertiary/aromatic N) is 5. The maximum atomic E-state index is 13.0. The molecule has 43 heavy (non-hydrogen) atoms. The van der Waals surface area contributed by atoms with Crippen LogP contribution in [0.3, 0.4) is 0 Å². The molecule has 0 saturated carbocycles. The Labute approximate surface area is 248 Å². The Hall–Kier alpha value is -4.47. The summed E-state index contributed by atoms with van der Waals surface area (Å²) >= 11 is 6.70. The van der Waals surface area contributed by atoms with Crippen molar-refractivity contribution in [3.05, 3.63) is 106 Å². The molecule has 4 aromatic rings. The van der Waals surface area contributed by atoms with Gasteiger partial charge in [-0.3, -0.25) is 9.54 Å². The normalized spacial score (nSPS) is 16.8. The molecule has 2 aromatic heterocycles. The number of aryl methyl sites for hydroxylation is 2. The molecular formula is C27H23ClF3N5O6S. The Bertz CT molecular complexity index is 1800. The molecule has 1 unspecified atom stereocenters. The lowest BCUT2D eigenvalue weighted by molar-refractivity contribution is -0.649. The maximum Gasteiger partial charge on any atom is 0.422 e. The number of aromatic nitrogens is 2. The smallest absolute Gasteiger partial charge is 0.422 e. The number of ether oxygens (including phenoxy) is 1. The van der Waals surface area contributed by atoms with Crippen LogP contribution >= 0.6 is 11.6 Å². The van der Waals surface area contributed by atoms with E-state index < -0.39 is 49.3 Å². The van der Waals surface area contributed by atoms with Crippen molar-refractivity contribution < 1.29 is 35.9 Å². The van der Waals surface area contributed by atoms with Gasteiger partial charge in [-0.1, -0.05) is 41.9 Å². The Morgan fingerprint density at radius 3 is 2.35 bits per heavy atom. The summed E-state index contributed by atoms with van der Waals surface area (Å²) in [6.45, 7) is -0.579. The maximum absolute atomic E-state index is 13.0. The molecule has 2 aromatic carbocycles. The van der Waals surface area contributed by atoms with Crippen LogP contribution in [0.15, 0.2) is 89.2 Å². The minimum Gasteiger partial charge on any atom is -0.483 e. The number of rotatable bonds is 6. The fraction of sp³-hybridized carbons (Fsp3) is 0.185. The molecule has 1 atom stereocenters. The Balaban J connectivity index is 0.000000628. The van der Waals surface area contributed by atoms with Crippen LogP contribution in [-0.2, 0) is 22.3 Å². The molecule has 0 spiro atoms. The zero-order chi connectivity index (χ0) is 31.6. The van der Waals surface area contributed by atoms with Crippen LogP contribution in [0.2, 0.25) is 0 Å². The van der Waals surface area contributed by atoms with Crippen molar-refractivity contribution in [3.63, 3.8) is 0 Å². The fourth-order valence-electron chi connectivity index (χ4n) is 4.45. The van der Waals surface area contributed by atoms with Gasteiger partial charge in [-0.15, -0.1) is 0 Å². The van der Waals surface area contributed by atoms with Gasteiger partial charge in [-0.25, -0.2) is 15.1 Å². The van der Waals surface area contributed by atoms with Gasteiger partial charge in [0.15, 0.2) is 11.6 Å². The second-order valence-corrected chi connectivity index (χ2v) is 11.0. The third kappa shape index (κ3) is 6.63. The number of alkyl halides is 4. The first-order valence-corrected chi connectivity index (χ1v) is 14.1. The molecule has 226 valence electrons. The molecule has 5 rings (SSSR count). The first-order chi connectivity index (χ1) is 20.1. The number of benzene rings is 2. The molecule has 0 saturated heterocycles. The molecule has 16 heteroatoms. The number of nitro groups is 1. The van der Waals surface area contributed by atoms with E-state index in [0.717, 1.165) is 18.3 Å². The third-order valence-corrected chi connectivity index (χ3v) is 7.52. The molecule has 11 nitrogen and oxygen atoms in total. The zero-order valence-corrected chi connectivity index (χ0v) is 24.0. The van der Waals surface area contributed by atoms with E-state index in [1.54, 1.807) is 54.5 Å². The summed E-state index contributed by atoms with van der Waals surface area (Å²) in [7, 11) is -3.47. The quantitative estimate of drug-likeness (QED) is 0.0930. The summed E-state index contributed by atoms with van der Waals surface area (Å²) in [6.07, 6.45) is 2.55. The van der Waals surface area contributed by atoms with Gasteiger partial charge in [0.1, 0.15) is 16.3 Å². The van der Waals surface area contributed by atoms with Gasteiger partial charge in [0.2, 0.25) is 0 Å². The van der Waals surface area contributed by atoms with Crippen LogP contribution in [-0.4, -0.2) is 51.6 Å². The highest BCUT2D eigenvalue weighted by Crippen LogP contribution is 2.49. The summed E-state index contributed by atoms with van der Waals surface area (Å²) < 4.78 is 80.1. The Kier molecular flexibility index (Phi) is 8.80. The molecule has 3 heterocycles. The average molecular weight is 638 g/mol. The van der Waals surface area contributed by atoms with Crippen molar-refractivity contribution in [2.45, 2.75) is 23.1 Å². The topological polar surface area (TPSA) is 140 Å². The standard InChI is InChI=1S/C22H18ClF3N4O6S.C5H5N/c1-13-7-8-18(37(33,34)35)19(20(13)36-12-21(24,25)26)22(23)27-10-9-17(29(22)30(31)32)15-11-28(2)16-6-4-3-5-14(15)16;1-2-4-6-5-3-1/h3-11H,12H2,1-2H3,(H,33,34,35);1-5H. The number of hydrogen-bond acceptors (Lipinski definition) is 7. The number of fused-ring (bicyclic) bond motifs is 1. The average Bonchev–Trinajstić information content (AvgIpc) is 3.28. The SMILES string of the molecule is Cc1ccc(S(=O)(=O)O)c(C2(Cl)N=CC=C(c3cn(C)c4ccccc34)N2[N+](=O)[O-])c1OCC(F)(F)F.c1ccncc1. The van der Waals surface area contributed by atoms with Crippen LogP contribution in [0, 0.1) is 17.0 Å². The van der Waals surface area contributed by atoms with E-state index in [0.29, 0.717) is 21.5 Å². The van der Waals surface area contributed by atoms with Crippen LogP contribution in [0.25, 0.3) is 16.6 Å². The minimum atomic E-state index is -5.17. The van der Waals surface area contributed by atoms with Gasteiger partial charge < -0.3 is 9.30 Å². The van der Waals surface area contributed by atoms with E-state index >= 15 is 0 Å². The van der Waals surface area contributed by atoms with Gasteiger partial charge in [-0.05, 0) is 47.8 Å². The van der Waals surface area contributed by atoms with E-state index in [1.165, 1.54) is 13.0 Å². The first-order valence-electron chi connectivity index (χ1n) is 12.2.